The van der Waals surface area contributed by atoms with E-state index in [2.05, 4.69) is 99.1 Å². The van der Waals surface area contributed by atoms with Crippen molar-refractivity contribution in [2.24, 2.45) is 11.8 Å². The number of fused-ring (bicyclic) bond motifs is 5. The Morgan fingerprint density at radius 1 is 0.596 bits per heavy atom. The van der Waals surface area contributed by atoms with Gasteiger partial charge in [0.25, 0.3) is 0 Å². The van der Waals surface area contributed by atoms with Gasteiger partial charge in [-0.1, -0.05) is 127 Å². The van der Waals surface area contributed by atoms with Crippen LogP contribution in [-0.4, -0.2) is 17.5 Å². The molecule has 0 spiro atoms. The van der Waals surface area contributed by atoms with Crippen molar-refractivity contribution in [3.63, 3.8) is 0 Å². The molecule has 1 aliphatic carbocycles. The van der Waals surface area contributed by atoms with Crippen LogP contribution in [0.25, 0.3) is 73.6 Å². The third-order valence-corrected chi connectivity index (χ3v) is 17.1. The smallest absolute Gasteiger partial charge is 0.0572 e. The number of aromatic nitrogens is 4. The van der Waals surface area contributed by atoms with Crippen LogP contribution in [0.1, 0.15) is 103 Å². The maximum absolute atomic E-state index is 4.91. The van der Waals surface area contributed by atoms with Crippen molar-refractivity contribution in [3.8, 4) is 51.5 Å². The molecule has 57 heavy (non-hydrogen) atoms. The van der Waals surface area contributed by atoms with Crippen LogP contribution < -0.4 is 0 Å². The standard InChI is InChI=1S/C45H44N4S6.2W/c1-5-9-13-27(7-3)25-45(26-28(8-4)14-10-6-2)33-23-37(31-19-17-29(35-15-11-21-50-35)39-41(31)48-54-46-39)52-43(33)44-34(45)24-38(53-44)32-20-18-30(36-16-12-22-51-36)40-42(32)49-55-47-40;;/h11-12,15-18,21-24,27-28H,5-10,13-14,25-26H2,1-4H3;;/q-2;;. The zero-order valence-electron chi connectivity index (χ0n) is 32.6. The van der Waals surface area contributed by atoms with Crippen LogP contribution in [0.4, 0.5) is 0 Å². The molecule has 0 saturated carbocycles. The van der Waals surface area contributed by atoms with Crippen LogP contribution >= 0.6 is 68.8 Å². The second-order valence-corrected chi connectivity index (χ2v) is 20.1. The van der Waals surface area contributed by atoms with Gasteiger partial charge in [-0.2, -0.15) is 54.1 Å². The summed E-state index contributed by atoms with van der Waals surface area (Å²) >= 11 is 10.0. The average Bonchev–Trinajstić information content (AvgIpc) is 4.06. The molecule has 0 bridgehead atoms. The fraction of sp³-hybridized carbons (Fsp3) is 0.378. The van der Waals surface area contributed by atoms with E-state index in [0.717, 1.165) is 44.3 Å². The summed E-state index contributed by atoms with van der Waals surface area (Å²) in [6.45, 7) is 9.52. The Balaban J connectivity index is 0.00000248. The largest absolute Gasteiger partial charge is 0.224 e. The number of hydrogen-bond acceptors (Lipinski definition) is 10. The molecule has 0 fully saturated rings. The Bertz CT molecular complexity index is 2370. The van der Waals surface area contributed by atoms with Crippen LogP contribution in [0.2, 0.25) is 0 Å². The van der Waals surface area contributed by atoms with Crippen molar-refractivity contribution in [3.05, 3.63) is 82.6 Å². The zero-order valence-corrected chi connectivity index (χ0v) is 43.3. The topological polar surface area (TPSA) is 51.6 Å². The zero-order chi connectivity index (χ0) is 37.5. The molecule has 0 saturated heterocycles. The minimum Gasteiger partial charge on any atom is -0.224 e. The molecule has 2 atom stereocenters. The van der Waals surface area contributed by atoms with Gasteiger partial charge in [0.05, 0.1) is 23.5 Å². The van der Waals surface area contributed by atoms with E-state index in [9.17, 15) is 0 Å². The molecule has 0 amide bonds. The molecule has 6 heterocycles. The van der Waals surface area contributed by atoms with Crippen molar-refractivity contribution in [1.82, 2.24) is 17.5 Å². The van der Waals surface area contributed by atoms with E-state index in [0.29, 0.717) is 11.8 Å². The third kappa shape index (κ3) is 7.98. The maximum atomic E-state index is 4.91. The van der Waals surface area contributed by atoms with E-state index >= 15 is 0 Å². The third-order valence-electron chi connectivity index (χ3n) is 11.8. The van der Waals surface area contributed by atoms with Gasteiger partial charge in [0.15, 0.2) is 0 Å². The average molecular weight is 1200 g/mol. The number of benzene rings is 2. The fourth-order valence-corrected chi connectivity index (χ4v) is 14.2. The van der Waals surface area contributed by atoms with Gasteiger partial charge < -0.3 is 0 Å². The Labute approximate surface area is 389 Å². The predicted octanol–water partition coefficient (Wildman–Crippen LogP) is 15.7. The van der Waals surface area contributed by atoms with E-state index in [-0.39, 0.29) is 47.5 Å². The molecule has 8 aromatic rings. The molecule has 2 unspecified atom stereocenters. The van der Waals surface area contributed by atoms with Gasteiger partial charge in [-0.3, -0.25) is 0 Å². The minimum absolute atomic E-state index is 0. The van der Waals surface area contributed by atoms with E-state index in [1.807, 2.05) is 22.7 Å². The summed E-state index contributed by atoms with van der Waals surface area (Å²) in [5.41, 5.74) is 11.3. The molecule has 2 aromatic carbocycles. The SMILES string of the molecule is CCCCC(CC)CC1(CC(CC)CCCC)c2cc(-c3[c-]cc(-c4cccs4)c4nsnc34)sc2-c2sc(-c3[c-]cc(-c4cccs4)c4nsnc34)cc21.[W].[W]. The number of unbranched alkanes of at least 4 members (excludes halogenated alkanes) is 2. The van der Waals surface area contributed by atoms with Crippen molar-refractivity contribution in [1.29, 1.82) is 0 Å². The predicted molar refractivity (Wildman–Crippen MR) is 241 cm³/mol. The van der Waals surface area contributed by atoms with E-state index in [4.69, 9.17) is 17.5 Å². The number of hydrogen-bond donors (Lipinski definition) is 0. The second kappa shape index (κ2) is 18.9. The molecule has 6 aromatic heterocycles. The van der Waals surface area contributed by atoms with Crippen molar-refractivity contribution in [2.45, 2.75) is 97.3 Å². The van der Waals surface area contributed by atoms with Gasteiger partial charge in [0.2, 0.25) is 0 Å². The first-order valence-corrected chi connectivity index (χ1v) is 24.6. The molecule has 0 aliphatic heterocycles. The summed E-state index contributed by atoms with van der Waals surface area (Å²) in [5, 5.41) is 4.26. The number of thiophene rings is 4. The summed E-state index contributed by atoms with van der Waals surface area (Å²) in [6.07, 6.45) is 12.4. The molecule has 4 nitrogen and oxygen atoms in total. The summed E-state index contributed by atoms with van der Waals surface area (Å²) in [5.74, 6) is 1.32. The monoisotopic (exact) mass is 1200 g/mol. The van der Waals surface area contributed by atoms with E-state index in [1.165, 1.54) is 128 Å². The van der Waals surface area contributed by atoms with Gasteiger partial charge >= 0.3 is 0 Å². The molecule has 0 N–H and O–H groups in total. The number of nitrogens with zero attached hydrogens (tertiary/aromatic N) is 4. The molecule has 1 aliphatic rings. The van der Waals surface area contributed by atoms with Crippen LogP contribution in [-0.2, 0) is 47.5 Å². The molecule has 9 rings (SSSR count). The maximum Gasteiger partial charge on any atom is 0.0572 e. The first-order chi connectivity index (χ1) is 27.1. The van der Waals surface area contributed by atoms with Crippen LogP contribution in [0.3, 0.4) is 0 Å². The Hall–Kier alpha value is -1.74. The molecule has 0 radical (unpaired) electrons. The van der Waals surface area contributed by atoms with Crippen molar-refractivity contribution >= 4 is 90.9 Å². The first-order valence-electron chi connectivity index (χ1n) is 19.8. The fourth-order valence-electron chi connectivity index (χ4n) is 8.85. The van der Waals surface area contributed by atoms with Crippen LogP contribution in [0.15, 0.2) is 59.3 Å². The number of rotatable bonds is 16. The summed E-state index contributed by atoms with van der Waals surface area (Å²) < 4.78 is 19.5. The molecular weight excluding hydrogens is 1160 g/mol. The van der Waals surface area contributed by atoms with Gasteiger partial charge in [0, 0.05) is 79.4 Å². The second-order valence-electron chi connectivity index (χ2n) is 15.1. The van der Waals surface area contributed by atoms with Gasteiger partial charge in [-0.15, -0.1) is 35.4 Å². The Kier molecular flexibility index (Phi) is 14.4. The summed E-state index contributed by atoms with van der Waals surface area (Å²) in [4.78, 5) is 7.81. The molecule has 12 heteroatoms. The first kappa shape index (κ1) is 43.3. The van der Waals surface area contributed by atoms with Crippen LogP contribution in [0.5, 0.6) is 0 Å². The minimum atomic E-state index is -0.0658. The van der Waals surface area contributed by atoms with Crippen molar-refractivity contribution < 1.29 is 42.1 Å². The van der Waals surface area contributed by atoms with E-state index < -0.39 is 0 Å². The summed E-state index contributed by atoms with van der Waals surface area (Å²) in [7, 11) is 0. The Morgan fingerprint density at radius 3 is 1.42 bits per heavy atom. The quantitative estimate of drug-likeness (QED) is 0.0905. The van der Waals surface area contributed by atoms with Crippen molar-refractivity contribution in [2.75, 3.05) is 0 Å². The Morgan fingerprint density at radius 2 is 1.04 bits per heavy atom. The van der Waals surface area contributed by atoms with E-state index in [1.54, 1.807) is 22.7 Å². The molecule has 294 valence electrons. The summed E-state index contributed by atoms with van der Waals surface area (Å²) in [6, 6.07) is 25.5. The normalized spacial score (nSPS) is 14.0. The molecular formula is C45H44N4S6W2-2. The van der Waals surface area contributed by atoms with Crippen LogP contribution in [0, 0.1) is 24.0 Å². The van der Waals surface area contributed by atoms with Gasteiger partial charge in [-0.25, -0.2) is 8.75 Å². The van der Waals surface area contributed by atoms with Gasteiger partial charge in [0.1, 0.15) is 0 Å². The van der Waals surface area contributed by atoms with Gasteiger partial charge in [-0.05, 0) is 66.1 Å².